The lowest BCUT2D eigenvalue weighted by Gasteiger charge is -2.41. The van der Waals surface area contributed by atoms with Crippen molar-refractivity contribution in [3.63, 3.8) is 0 Å². The average Bonchev–Trinajstić information content (AvgIpc) is 3.30. The van der Waals surface area contributed by atoms with Gasteiger partial charge in [-0.2, -0.15) is 0 Å². The molecule has 0 unspecified atom stereocenters. The molecule has 8 aliphatic carbocycles. The molecule has 2 bridgehead atoms. The first-order chi connectivity index (χ1) is 22.0. The van der Waals surface area contributed by atoms with E-state index in [2.05, 4.69) is 53.9 Å². The summed E-state index contributed by atoms with van der Waals surface area (Å²) in [5.41, 5.74) is 11.5. The van der Waals surface area contributed by atoms with Crippen LogP contribution < -0.4 is 11.1 Å². The van der Waals surface area contributed by atoms with E-state index in [1.165, 1.54) is 93.9 Å². The lowest BCUT2D eigenvalue weighted by Crippen LogP contribution is -2.46. The molecule has 1 aromatic rings. The molecule has 0 amide bonds. The van der Waals surface area contributed by atoms with Gasteiger partial charge in [0.1, 0.15) is 6.29 Å². The van der Waals surface area contributed by atoms with E-state index in [0.717, 1.165) is 42.3 Å². The molecule has 15 atom stereocenters. The summed E-state index contributed by atoms with van der Waals surface area (Å²) in [6.45, 7) is 4.70. The van der Waals surface area contributed by atoms with Crippen molar-refractivity contribution in [1.82, 2.24) is 0 Å². The second-order valence-electron chi connectivity index (χ2n) is 17.7. The smallest absolute Gasteiger partial charge is 0.137 e. The Kier molecular flexibility index (Phi) is 6.17. The Morgan fingerprint density at radius 3 is 2.60 bits per heavy atom. The molecular formula is C42H54N2O. The Balaban J connectivity index is 0.941. The quantitative estimate of drug-likeness (QED) is 0.268. The number of nitrogens with one attached hydrogen (secondary N) is 1. The number of rotatable bonds is 4. The zero-order valence-corrected chi connectivity index (χ0v) is 27.2. The van der Waals surface area contributed by atoms with Gasteiger partial charge in [-0.15, -0.1) is 0 Å². The van der Waals surface area contributed by atoms with Gasteiger partial charge in [0.05, 0.1) is 11.6 Å². The minimum absolute atomic E-state index is 0.0235. The van der Waals surface area contributed by atoms with Gasteiger partial charge in [0.15, 0.2) is 0 Å². The van der Waals surface area contributed by atoms with Crippen molar-refractivity contribution in [2.75, 3.05) is 5.32 Å². The van der Waals surface area contributed by atoms with Gasteiger partial charge in [0, 0.05) is 17.0 Å². The van der Waals surface area contributed by atoms with E-state index in [-0.39, 0.29) is 17.0 Å². The maximum absolute atomic E-state index is 12.7. The second kappa shape index (κ2) is 9.94. The normalized spacial score (nSPS) is 51.1. The number of hydrogen-bond donors (Lipinski definition) is 2. The minimum atomic E-state index is -0.332. The molecule has 1 spiro atoms. The molecule has 45 heavy (non-hydrogen) atoms. The number of carbonyl (C=O) groups excluding carboxylic acids is 1. The van der Waals surface area contributed by atoms with Gasteiger partial charge in [0.25, 0.3) is 0 Å². The Hall–Kier alpha value is -2.13. The third kappa shape index (κ3) is 3.71. The van der Waals surface area contributed by atoms with Crippen LogP contribution in [-0.4, -0.2) is 17.9 Å². The van der Waals surface area contributed by atoms with Crippen molar-refractivity contribution in [2.24, 2.45) is 82.2 Å². The Morgan fingerprint density at radius 2 is 1.73 bits per heavy atom. The maximum atomic E-state index is 12.7. The lowest BCUT2D eigenvalue weighted by molar-refractivity contribution is -0.111. The highest BCUT2D eigenvalue weighted by Gasteiger charge is 2.74. The number of nitrogens with two attached hydrogens (primary N) is 1. The monoisotopic (exact) mass is 602 g/mol. The zero-order valence-electron chi connectivity index (χ0n) is 27.2. The SMILES string of the molecule is C=C1CC[C@@H]2[C@H]([C@@H]3C[C@@H](C4CCCCC4)C[C@H]13)[C@]2([C@@H](N)C=O)[C@H]1C=C[C@@H]2[C@@H](C[C@@H]3[C@H]2C[C@@H]2C[C@@H]4C=C[C@@]23Nc2ccccc24)C1. The molecule has 2 heterocycles. The van der Waals surface area contributed by atoms with Gasteiger partial charge in [-0.25, -0.2) is 0 Å². The number of carbonyl (C=O) groups is 1. The van der Waals surface area contributed by atoms with Gasteiger partial charge >= 0.3 is 0 Å². The van der Waals surface area contributed by atoms with Gasteiger partial charge in [0.2, 0.25) is 0 Å². The first kappa shape index (κ1) is 27.9. The maximum Gasteiger partial charge on any atom is 0.137 e. The third-order valence-electron chi connectivity index (χ3n) is 16.6. The number of hydrogen-bond acceptors (Lipinski definition) is 3. The molecule has 3 nitrogen and oxygen atoms in total. The molecule has 3 N–H and O–H groups in total. The molecular weight excluding hydrogens is 548 g/mol. The summed E-state index contributed by atoms with van der Waals surface area (Å²) >= 11 is 0. The van der Waals surface area contributed by atoms with Crippen LogP contribution in [0.1, 0.15) is 95.0 Å². The molecule has 238 valence electrons. The molecule has 11 rings (SSSR count). The molecule has 0 radical (unpaired) electrons. The summed E-state index contributed by atoms with van der Waals surface area (Å²) in [5.74, 6) is 9.02. The van der Waals surface area contributed by atoms with Gasteiger partial charge in [-0.3, -0.25) is 0 Å². The highest BCUT2D eigenvalue weighted by molar-refractivity contribution is 5.62. The first-order valence-electron chi connectivity index (χ1n) is 19.2. The highest BCUT2D eigenvalue weighted by atomic mass is 16.1. The van der Waals surface area contributed by atoms with E-state index in [4.69, 9.17) is 12.3 Å². The molecule has 0 saturated heterocycles. The molecule has 10 aliphatic rings. The van der Waals surface area contributed by atoms with Gasteiger partial charge in [-0.05, 0) is 134 Å². The van der Waals surface area contributed by atoms with Crippen molar-refractivity contribution in [3.05, 3.63) is 66.3 Å². The Labute approximate surface area is 270 Å². The van der Waals surface area contributed by atoms with E-state index < -0.39 is 0 Å². The van der Waals surface area contributed by atoms with E-state index in [1.54, 1.807) is 0 Å². The van der Waals surface area contributed by atoms with Crippen LogP contribution in [0.25, 0.3) is 0 Å². The molecule has 6 fully saturated rings. The van der Waals surface area contributed by atoms with E-state index in [0.29, 0.717) is 47.3 Å². The Morgan fingerprint density at radius 1 is 0.867 bits per heavy atom. The number of para-hydroxylation sites is 1. The second-order valence-corrected chi connectivity index (χ2v) is 17.7. The number of aldehydes is 1. The fourth-order valence-corrected chi connectivity index (χ4v) is 14.9. The van der Waals surface area contributed by atoms with Crippen molar-refractivity contribution >= 4 is 12.0 Å². The van der Waals surface area contributed by atoms with Crippen molar-refractivity contribution in [1.29, 1.82) is 0 Å². The van der Waals surface area contributed by atoms with Crippen LogP contribution in [0.2, 0.25) is 0 Å². The number of allylic oxidation sites excluding steroid dienone is 4. The molecule has 1 aromatic carbocycles. The van der Waals surface area contributed by atoms with E-state index in [9.17, 15) is 4.79 Å². The van der Waals surface area contributed by atoms with Crippen LogP contribution in [0.15, 0.2) is 60.7 Å². The molecule has 3 heteroatoms. The predicted molar refractivity (Wildman–Crippen MR) is 181 cm³/mol. The molecule has 2 aliphatic heterocycles. The van der Waals surface area contributed by atoms with Crippen LogP contribution in [0, 0.1) is 76.4 Å². The van der Waals surface area contributed by atoms with Crippen LogP contribution in [0.5, 0.6) is 0 Å². The lowest BCUT2D eigenvalue weighted by atomic mass is 9.66. The van der Waals surface area contributed by atoms with Gasteiger partial charge < -0.3 is 15.8 Å². The predicted octanol–water partition coefficient (Wildman–Crippen LogP) is 8.69. The number of fused-ring (bicyclic) bond motifs is 6. The van der Waals surface area contributed by atoms with Crippen molar-refractivity contribution in [2.45, 2.75) is 101 Å². The molecule has 6 saturated carbocycles. The average molecular weight is 603 g/mol. The topological polar surface area (TPSA) is 55.1 Å². The standard InChI is InChI=1S/C42H54N2O/c1-24-11-14-36-40(35-20-27(19-33(24)35)25-7-3-2-4-8-25)42(36,39(43)23-45)29-12-13-31-28(18-29)21-37-34(31)22-30-17-26-15-16-41(30,37)44-38-10-6-5-9-32(26)38/h5-6,9-10,12-13,15-16,23,25-31,33-37,39-40,44H,1-4,7-8,11,14,17-22,43H2/t26-,27-,28+,29-,30-,31+,33+,34-,35+,36+,37+,39-,40-,41+,42+/m0/s1. The van der Waals surface area contributed by atoms with Crippen LogP contribution in [-0.2, 0) is 4.79 Å². The largest absolute Gasteiger partial charge is 0.375 e. The summed E-state index contributed by atoms with van der Waals surface area (Å²) in [6.07, 6.45) is 29.2. The Bertz CT molecular complexity index is 1450. The number of anilines is 1. The summed E-state index contributed by atoms with van der Waals surface area (Å²) in [5, 5.41) is 4.21. The van der Waals surface area contributed by atoms with E-state index >= 15 is 0 Å². The van der Waals surface area contributed by atoms with Crippen LogP contribution >= 0.6 is 0 Å². The summed E-state index contributed by atoms with van der Waals surface area (Å²) in [6, 6.07) is 8.78. The summed E-state index contributed by atoms with van der Waals surface area (Å²) < 4.78 is 0. The minimum Gasteiger partial charge on any atom is -0.375 e. The van der Waals surface area contributed by atoms with Crippen molar-refractivity contribution < 1.29 is 4.79 Å². The molecule has 0 aromatic heterocycles. The fraction of sp³-hybridized carbons (Fsp3) is 0.690. The summed E-state index contributed by atoms with van der Waals surface area (Å²) in [4.78, 5) is 12.7. The van der Waals surface area contributed by atoms with Crippen LogP contribution in [0.4, 0.5) is 5.69 Å². The van der Waals surface area contributed by atoms with Gasteiger partial charge in [-0.1, -0.05) is 86.8 Å². The van der Waals surface area contributed by atoms with Crippen LogP contribution in [0.3, 0.4) is 0 Å². The van der Waals surface area contributed by atoms with Crippen molar-refractivity contribution in [3.8, 4) is 0 Å². The third-order valence-corrected chi connectivity index (χ3v) is 16.6. The fourth-order valence-electron chi connectivity index (χ4n) is 14.9. The first-order valence-corrected chi connectivity index (χ1v) is 19.2. The zero-order chi connectivity index (χ0) is 30.1. The highest BCUT2D eigenvalue weighted by Crippen LogP contribution is 2.77. The van der Waals surface area contributed by atoms with E-state index in [1.807, 2.05) is 0 Å². The number of benzene rings is 1. The summed E-state index contributed by atoms with van der Waals surface area (Å²) in [7, 11) is 0.